The van der Waals surface area contributed by atoms with E-state index in [9.17, 15) is 9.18 Å². The average molecular weight is 375 g/mol. The van der Waals surface area contributed by atoms with E-state index in [2.05, 4.69) is 4.90 Å². The standard InChI is InChI=1S/C20H26FN3O3/c1-13-7-17(21)14(9-22)8-16(13)18-11-23-5-6-24(10-15(23)12-26-18)19(25)27-20(2,3)4/h7-8,15,18H,5-6,10-12H2,1-4H3/t15-,18-/m0/s1. The number of carbonyl (C=O) groups excluding carboxylic acids is 1. The van der Waals surface area contributed by atoms with Crippen molar-refractivity contribution in [2.24, 2.45) is 0 Å². The Labute approximate surface area is 159 Å². The van der Waals surface area contributed by atoms with Crippen molar-refractivity contribution in [3.05, 3.63) is 34.6 Å². The highest BCUT2D eigenvalue weighted by Crippen LogP contribution is 2.30. The number of benzene rings is 1. The van der Waals surface area contributed by atoms with Crippen LogP contribution < -0.4 is 0 Å². The van der Waals surface area contributed by atoms with E-state index >= 15 is 0 Å². The number of carbonyl (C=O) groups is 1. The number of halogens is 1. The van der Waals surface area contributed by atoms with Gasteiger partial charge in [0.1, 0.15) is 17.5 Å². The van der Waals surface area contributed by atoms with Crippen LogP contribution in [0.1, 0.15) is 43.6 Å². The predicted octanol–water partition coefficient (Wildman–Crippen LogP) is 3.00. The number of ether oxygens (including phenoxy) is 2. The molecule has 0 N–H and O–H groups in total. The molecule has 0 aromatic heterocycles. The Bertz CT molecular complexity index is 769. The summed E-state index contributed by atoms with van der Waals surface area (Å²) < 4.78 is 25.3. The van der Waals surface area contributed by atoms with Gasteiger partial charge < -0.3 is 14.4 Å². The van der Waals surface area contributed by atoms with Crippen LogP contribution in [0.4, 0.5) is 9.18 Å². The Balaban J connectivity index is 1.66. The molecule has 2 heterocycles. The molecule has 0 unspecified atom stereocenters. The molecule has 3 rings (SSSR count). The Kier molecular flexibility index (Phi) is 5.41. The minimum absolute atomic E-state index is 0.0380. The number of nitriles is 1. The van der Waals surface area contributed by atoms with E-state index in [1.165, 1.54) is 6.07 Å². The molecule has 0 saturated carbocycles. The van der Waals surface area contributed by atoms with Gasteiger partial charge in [-0.3, -0.25) is 4.90 Å². The van der Waals surface area contributed by atoms with E-state index in [0.29, 0.717) is 26.2 Å². The van der Waals surface area contributed by atoms with E-state index in [0.717, 1.165) is 17.7 Å². The number of piperazine rings is 1. The van der Waals surface area contributed by atoms with Gasteiger partial charge in [0.2, 0.25) is 0 Å². The van der Waals surface area contributed by atoms with Crippen molar-refractivity contribution in [3.8, 4) is 6.07 Å². The van der Waals surface area contributed by atoms with Gasteiger partial charge in [-0.1, -0.05) is 0 Å². The van der Waals surface area contributed by atoms with E-state index < -0.39 is 11.4 Å². The van der Waals surface area contributed by atoms with Crippen molar-refractivity contribution < 1.29 is 18.7 Å². The Morgan fingerprint density at radius 1 is 1.33 bits per heavy atom. The summed E-state index contributed by atoms with van der Waals surface area (Å²) in [6, 6.07) is 4.99. The first kappa shape index (κ1) is 19.6. The smallest absolute Gasteiger partial charge is 0.410 e. The van der Waals surface area contributed by atoms with Crippen LogP contribution >= 0.6 is 0 Å². The zero-order valence-electron chi connectivity index (χ0n) is 16.3. The molecule has 6 nitrogen and oxygen atoms in total. The first-order chi connectivity index (χ1) is 12.7. The molecule has 0 bridgehead atoms. The highest BCUT2D eigenvalue weighted by molar-refractivity contribution is 5.68. The van der Waals surface area contributed by atoms with E-state index in [1.54, 1.807) is 11.0 Å². The molecular weight excluding hydrogens is 349 g/mol. The molecule has 2 aliphatic rings. The molecule has 0 spiro atoms. The quantitative estimate of drug-likeness (QED) is 0.755. The van der Waals surface area contributed by atoms with Gasteiger partial charge in [0.15, 0.2) is 0 Å². The third kappa shape index (κ3) is 4.40. The first-order valence-corrected chi connectivity index (χ1v) is 9.21. The van der Waals surface area contributed by atoms with Crippen LogP contribution in [0.25, 0.3) is 0 Å². The SMILES string of the molecule is Cc1cc(F)c(C#N)cc1[C@@H]1CN2CCN(C(=O)OC(C)(C)C)C[C@H]2CO1. The van der Waals surface area contributed by atoms with Gasteiger partial charge >= 0.3 is 6.09 Å². The maximum Gasteiger partial charge on any atom is 0.410 e. The third-order valence-corrected chi connectivity index (χ3v) is 4.97. The van der Waals surface area contributed by atoms with Gasteiger partial charge in [-0.25, -0.2) is 9.18 Å². The van der Waals surface area contributed by atoms with Crippen molar-refractivity contribution in [2.45, 2.75) is 45.4 Å². The molecule has 1 aromatic carbocycles. The number of morpholine rings is 1. The number of hydrogen-bond donors (Lipinski definition) is 0. The van der Waals surface area contributed by atoms with E-state index in [1.807, 2.05) is 33.8 Å². The molecule has 2 fully saturated rings. The van der Waals surface area contributed by atoms with E-state index in [4.69, 9.17) is 14.7 Å². The lowest BCUT2D eigenvalue weighted by molar-refractivity contribution is -0.0908. The summed E-state index contributed by atoms with van der Waals surface area (Å²) in [7, 11) is 0. The van der Waals surface area contributed by atoms with Crippen LogP contribution in [0.3, 0.4) is 0 Å². The first-order valence-electron chi connectivity index (χ1n) is 9.21. The molecular formula is C20H26FN3O3. The number of nitrogens with zero attached hydrogens (tertiary/aromatic N) is 3. The molecule has 2 aliphatic heterocycles. The zero-order valence-corrected chi connectivity index (χ0v) is 16.3. The van der Waals surface area contributed by atoms with Crippen LogP contribution in [0.15, 0.2) is 12.1 Å². The second-order valence-corrected chi connectivity index (χ2v) is 8.20. The maximum atomic E-state index is 13.8. The van der Waals surface area contributed by atoms with Crippen LogP contribution in [0.5, 0.6) is 0 Å². The molecule has 0 aliphatic carbocycles. The van der Waals surface area contributed by atoms with Crippen molar-refractivity contribution in [1.82, 2.24) is 9.80 Å². The fourth-order valence-electron chi connectivity index (χ4n) is 3.59. The third-order valence-electron chi connectivity index (χ3n) is 4.97. The lowest BCUT2D eigenvalue weighted by Crippen LogP contribution is -2.60. The maximum absolute atomic E-state index is 13.8. The van der Waals surface area contributed by atoms with Gasteiger partial charge in [0.25, 0.3) is 0 Å². The van der Waals surface area contributed by atoms with Gasteiger partial charge in [0, 0.05) is 26.2 Å². The number of aryl methyl sites for hydroxylation is 1. The van der Waals surface area contributed by atoms with Gasteiger partial charge in [-0.2, -0.15) is 5.26 Å². The minimum Gasteiger partial charge on any atom is -0.444 e. The van der Waals surface area contributed by atoms with E-state index in [-0.39, 0.29) is 23.8 Å². The number of amides is 1. The fourth-order valence-corrected chi connectivity index (χ4v) is 3.59. The van der Waals surface area contributed by atoms with Crippen LogP contribution in [-0.2, 0) is 9.47 Å². The normalized spacial score (nSPS) is 23.5. The minimum atomic E-state index is -0.513. The van der Waals surface area contributed by atoms with Crippen LogP contribution in [0.2, 0.25) is 0 Å². The lowest BCUT2D eigenvalue weighted by Gasteiger charge is -2.46. The Morgan fingerprint density at radius 2 is 2.07 bits per heavy atom. The van der Waals surface area contributed by atoms with Gasteiger partial charge in [0.05, 0.1) is 24.3 Å². The molecule has 2 atom stereocenters. The fraction of sp³-hybridized carbons (Fsp3) is 0.600. The van der Waals surface area contributed by atoms with Crippen molar-refractivity contribution >= 4 is 6.09 Å². The molecule has 1 amide bonds. The molecule has 7 heteroatoms. The van der Waals surface area contributed by atoms with Crippen molar-refractivity contribution in [3.63, 3.8) is 0 Å². The Morgan fingerprint density at radius 3 is 2.74 bits per heavy atom. The highest BCUT2D eigenvalue weighted by Gasteiger charge is 2.37. The summed E-state index contributed by atoms with van der Waals surface area (Å²) in [5.74, 6) is -0.501. The largest absolute Gasteiger partial charge is 0.444 e. The summed E-state index contributed by atoms with van der Waals surface area (Å²) >= 11 is 0. The van der Waals surface area contributed by atoms with Crippen LogP contribution in [0, 0.1) is 24.1 Å². The topological polar surface area (TPSA) is 65.8 Å². The molecule has 146 valence electrons. The van der Waals surface area contributed by atoms with Crippen LogP contribution in [-0.4, -0.2) is 60.3 Å². The summed E-state index contributed by atoms with van der Waals surface area (Å²) in [6.07, 6.45) is -0.501. The number of rotatable bonds is 1. The highest BCUT2D eigenvalue weighted by atomic mass is 19.1. The Hall–Kier alpha value is -2.17. The van der Waals surface area contributed by atoms with Crippen molar-refractivity contribution in [1.29, 1.82) is 5.26 Å². The number of fused-ring (bicyclic) bond motifs is 1. The summed E-state index contributed by atoms with van der Waals surface area (Å²) in [4.78, 5) is 16.3. The molecule has 1 aromatic rings. The molecule has 2 saturated heterocycles. The van der Waals surface area contributed by atoms with Gasteiger partial charge in [-0.05, 0) is 51.0 Å². The molecule has 0 radical (unpaired) electrons. The predicted molar refractivity (Wildman–Crippen MR) is 97.7 cm³/mol. The molecule has 27 heavy (non-hydrogen) atoms. The zero-order chi connectivity index (χ0) is 19.8. The monoisotopic (exact) mass is 375 g/mol. The van der Waals surface area contributed by atoms with Crippen molar-refractivity contribution in [2.75, 3.05) is 32.8 Å². The average Bonchev–Trinajstić information content (AvgIpc) is 2.59. The number of hydrogen-bond acceptors (Lipinski definition) is 5. The summed E-state index contributed by atoms with van der Waals surface area (Å²) in [5.41, 5.74) is 1.15. The summed E-state index contributed by atoms with van der Waals surface area (Å²) in [6.45, 7) is 10.4. The van der Waals surface area contributed by atoms with Gasteiger partial charge in [-0.15, -0.1) is 0 Å². The summed E-state index contributed by atoms with van der Waals surface area (Å²) in [5, 5.41) is 9.09. The second-order valence-electron chi connectivity index (χ2n) is 8.20. The second kappa shape index (κ2) is 7.45. The lowest BCUT2D eigenvalue weighted by atomic mass is 9.97.